The standard InChI is InChI=1S/C26H23F2N3O3/c1-17-15-24(23-5-3-4-6-25(23)33-16-19-7-11-21(27)12-8-19)31(29-17)18(2)30-34-26(32)20-9-13-22(28)14-10-20/h3-14,24H,15-16H2,1-2H3/b30-18-. The van der Waals surface area contributed by atoms with Crippen molar-refractivity contribution in [2.75, 3.05) is 0 Å². The zero-order valence-electron chi connectivity index (χ0n) is 18.7. The molecule has 0 spiro atoms. The van der Waals surface area contributed by atoms with Crippen LogP contribution in [0.1, 0.15) is 47.8 Å². The van der Waals surface area contributed by atoms with Gasteiger partial charge in [-0.05, 0) is 61.9 Å². The van der Waals surface area contributed by atoms with Gasteiger partial charge in [-0.25, -0.2) is 18.6 Å². The van der Waals surface area contributed by atoms with Crippen molar-refractivity contribution in [3.63, 3.8) is 0 Å². The fraction of sp³-hybridized carbons (Fsp3) is 0.192. The Kier molecular flexibility index (Phi) is 6.96. The number of oxime groups is 1. The number of hydrogen-bond donors (Lipinski definition) is 0. The van der Waals surface area contributed by atoms with Crippen LogP contribution in [0.15, 0.2) is 83.1 Å². The maximum atomic E-state index is 13.2. The Hall–Kier alpha value is -4.07. The van der Waals surface area contributed by atoms with Crippen molar-refractivity contribution >= 4 is 17.5 Å². The van der Waals surface area contributed by atoms with Crippen LogP contribution in [0, 0.1) is 11.6 Å². The first-order valence-corrected chi connectivity index (χ1v) is 10.7. The maximum Gasteiger partial charge on any atom is 0.365 e. The van der Waals surface area contributed by atoms with E-state index in [0.29, 0.717) is 18.0 Å². The summed E-state index contributed by atoms with van der Waals surface area (Å²) in [5.41, 5.74) is 2.81. The SMILES string of the molecule is CC1=NN(/C(C)=N\OC(=O)c2ccc(F)cc2)C(c2ccccc2OCc2ccc(F)cc2)C1. The molecule has 0 N–H and O–H groups in total. The summed E-state index contributed by atoms with van der Waals surface area (Å²) >= 11 is 0. The minimum absolute atomic E-state index is 0.190. The van der Waals surface area contributed by atoms with E-state index >= 15 is 0 Å². The van der Waals surface area contributed by atoms with E-state index in [0.717, 1.165) is 16.8 Å². The summed E-state index contributed by atoms with van der Waals surface area (Å²) in [5.74, 6) is -0.387. The molecule has 0 fully saturated rings. The van der Waals surface area contributed by atoms with Gasteiger partial charge in [0.2, 0.25) is 0 Å². The van der Waals surface area contributed by atoms with Crippen LogP contribution in [0.25, 0.3) is 0 Å². The van der Waals surface area contributed by atoms with Gasteiger partial charge in [-0.1, -0.05) is 35.5 Å². The lowest BCUT2D eigenvalue weighted by molar-refractivity contribution is 0.0507. The highest BCUT2D eigenvalue weighted by atomic mass is 19.1. The molecule has 3 aromatic rings. The van der Waals surface area contributed by atoms with Crippen molar-refractivity contribution in [1.29, 1.82) is 0 Å². The van der Waals surface area contributed by atoms with Crippen LogP contribution in [-0.2, 0) is 11.4 Å². The zero-order chi connectivity index (χ0) is 24.1. The van der Waals surface area contributed by atoms with Crippen LogP contribution < -0.4 is 4.74 Å². The van der Waals surface area contributed by atoms with Gasteiger partial charge in [-0.3, -0.25) is 0 Å². The number of ether oxygens (including phenoxy) is 1. The van der Waals surface area contributed by atoms with Crippen LogP contribution in [0.5, 0.6) is 5.75 Å². The number of para-hydroxylation sites is 1. The number of carbonyl (C=O) groups excluding carboxylic acids is 1. The van der Waals surface area contributed by atoms with E-state index in [2.05, 4.69) is 10.3 Å². The molecule has 174 valence electrons. The fourth-order valence-corrected chi connectivity index (χ4v) is 3.62. The zero-order valence-corrected chi connectivity index (χ0v) is 18.7. The number of amidine groups is 1. The van der Waals surface area contributed by atoms with E-state index in [-0.39, 0.29) is 24.0 Å². The second-order valence-electron chi connectivity index (χ2n) is 7.88. The second kappa shape index (κ2) is 10.2. The molecule has 1 atom stereocenters. The van der Waals surface area contributed by atoms with Crippen molar-refractivity contribution in [2.24, 2.45) is 10.3 Å². The van der Waals surface area contributed by atoms with Gasteiger partial charge in [0, 0.05) is 17.7 Å². The summed E-state index contributed by atoms with van der Waals surface area (Å²) in [6, 6.07) is 18.6. The largest absolute Gasteiger partial charge is 0.489 e. The molecule has 8 heteroatoms. The van der Waals surface area contributed by atoms with Gasteiger partial charge in [0.05, 0.1) is 11.6 Å². The van der Waals surface area contributed by atoms with Crippen LogP contribution in [-0.4, -0.2) is 22.5 Å². The molecule has 3 aromatic carbocycles. The van der Waals surface area contributed by atoms with Crippen molar-refractivity contribution in [3.8, 4) is 5.75 Å². The topological polar surface area (TPSA) is 63.5 Å². The number of carbonyl (C=O) groups is 1. The highest BCUT2D eigenvalue weighted by Gasteiger charge is 2.30. The number of benzene rings is 3. The lowest BCUT2D eigenvalue weighted by Gasteiger charge is -2.24. The van der Waals surface area contributed by atoms with Gasteiger partial charge >= 0.3 is 5.97 Å². The van der Waals surface area contributed by atoms with E-state index < -0.39 is 11.8 Å². The predicted molar refractivity (Wildman–Crippen MR) is 124 cm³/mol. The van der Waals surface area contributed by atoms with Gasteiger partial charge in [-0.15, -0.1) is 0 Å². The third kappa shape index (κ3) is 5.46. The Labute approximate surface area is 196 Å². The average Bonchev–Trinajstić information content (AvgIpc) is 3.24. The Balaban J connectivity index is 1.50. The normalized spacial score (nSPS) is 15.8. The smallest absolute Gasteiger partial charge is 0.365 e. The van der Waals surface area contributed by atoms with E-state index in [1.165, 1.54) is 36.4 Å². The number of hydrazone groups is 1. The summed E-state index contributed by atoms with van der Waals surface area (Å²) in [4.78, 5) is 17.3. The molecule has 0 aliphatic carbocycles. The average molecular weight is 463 g/mol. The molecule has 0 saturated carbocycles. The molecule has 1 unspecified atom stereocenters. The fourth-order valence-electron chi connectivity index (χ4n) is 3.62. The molecule has 0 amide bonds. The number of nitrogens with zero attached hydrogens (tertiary/aromatic N) is 3. The maximum absolute atomic E-state index is 13.2. The van der Waals surface area contributed by atoms with Crippen LogP contribution in [0.4, 0.5) is 8.78 Å². The quantitative estimate of drug-likeness (QED) is 0.199. The van der Waals surface area contributed by atoms with E-state index in [1.807, 2.05) is 31.2 Å². The first-order chi connectivity index (χ1) is 16.4. The van der Waals surface area contributed by atoms with Crippen LogP contribution >= 0.6 is 0 Å². The van der Waals surface area contributed by atoms with Gasteiger partial charge in [0.1, 0.15) is 24.0 Å². The summed E-state index contributed by atoms with van der Waals surface area (Å²) in [6.45, 7) is 3.88. The van der Waals surface area contributed by atoms with E-state index in [1.54, 1.807) is 24.1 Å². The lowest BCUT2D eigenvalue weighted by atomic mass is 10.0. The summed E-state index contributed by atoms with van der Waals surface area (Å²) in [5, 5.41) is 10.2. The molecule has 1 aliphatic rings. The van der Waals surface area contributed by atoms with Crippen LogP contribution in [0.2, 0.25) is 0 Å². The summed E-state index contributed by atoms with van der Waals surface area (Å²) in [7, 11) is 0. The first kappa shape index (κ1) is 23.1. The molecule has 1 heterocycles. The van der Waals surface area contributed by atoms with Gasteiger partial charge in [-0.2, -0.15) is 5.10 Å². The molecule has 6 nitrogen and oxygen atoms in total. The van der Waals surface area contributed by atoms with E-state index in [4.69, 9.17) is 9.57 Å². The van der Waals surface area contributed by atoms with Crippen molar-refractivity contribution in [3.05, 3.63) is 101 Å². The number of hydrogen-bond acceptors (Lipinski definition) is 5. The van der Waals surface area contributed by atoms with Crippen molar-refractivity contribution in [1.82, 2.24) is 5.01 Å². The minimum atomic E-state index is -0.696. The minimum Gasteiger partial charge on any atom is -0.489 e. The van der Waals surface area contributed by atoms with Gasteiger partial charge in [0.15, 0.2) is 5.84 Å². The van der Waals surface area contributed by atoms with Gasteiger partial charge < -0.3 is 9.57 Å². The molecule has 0 saturated heterocycles. The van der Waals surface area contributed by atoms with Crippen molar-refractivity contribution in [2.45, 2.75) is 32.9 Å². The molecule has 0 radical (unpaired) electrons. The molecule has 34 heavy (non-hydrogen) atoms. The van der Waals surface area contributed by atoms with Crippen LogP contribution in [0.3, 0.4) is 0 Å². The monoisotopic (exact) mass is 463 g/mol. The van der Waals surface area contributed by atoms with E-state index in [9.17, 15) is 13.6 Å². The Morgan fingerprint density at radius 3 is 2.38 bits per heavy atom. The van der Waals surface area contributed by atoms with Crippen molar-refractivity contribution < 1.29 is 23.1 Å². The number of rotatable bonds is 6. The summed E-state index contributed by atoms with van der Waals surface area (Å²) in [6.07, 6.45) is 0.635. The molecule has 0 aromatic heterocycles. The predicted octanol–water partition coefficient (Wildman–Crippen LogP) is 5.86. The highest BCUT2D eigenvalue weighted by Crippen LogP contribution is 2.36. The van der Waals surface area contributed by atoms with Gasteiger partial charge in [0.25, 0.3) is 0 Å². The molecule has 0 bridgehead atoms. The third-order valence-corrected chi connectivity index (χ3v) is 5.32. The molecular weight excluding hydrogens is 440 g/mol. The first-order valence-electron chi connectivity index (χ1n) is 10.7. The molecular formula is C26H23F2N3O3. The Morgan fingerprint density at radius 2 is 1.68 bits per heavy atom. The Morgan fingerprint density at radius 1 is 1.03 bits per heavy atom. The lowest BCUT2D eigenvalue weighted by Crippen LogP contribution is -2.25. The molecule has 1 aliphatic heterocycles. The number of halogens is 2. The second-order valence-corrected chi connectivity index (χ2v) is 7.88. The summed E-state index contributed by atoms with van der Waals surface area (Å²) < 4.78 is 32.3. The Bertz CT molecular complexity index is 1220. The highest BCUT2D eigenvalue weighted by molar-refractivity contribution is 5.92. The third-order valence-electron chi connectivity index (χ3n) is 5.32. The molecule has 4 rings (SSSR count).